The van der Waals surface area contributed by atoms with E-state index in [1.807, 2.05) is 4.90 Å². The van der Waals surface area contributed by atoms with Gasteiger partial charge in [0, 0.05) is 25.2 Å². The van der Waals surface area contributed by atoms with Crippen LogP contribution in [-0.2, 0) is 0 Å². The highest BCUT2D eigenvalue weighted by Gasteiger charge is 2.14. The highest BCUT2D eigenvalue weighted by atomic mass is 19.1. The number of nitrogens with zero attached hydrogens (tertiary/aromatic N) is 1. The largest absolute Gasteiger partial charge is 0.388 e. The fraction of sp³-hybridized carbons (Fsp3) is 0.333. The highest BCUT2D eigenvalue weighted by molar-refractivity contribution is 5.21. The molecule has 1 aromatic rings. The van der Waals surface area contributed by atoms with Gasteiger partial charge in [0.05, 0.1) is 6.10 Å². The van der Waals surface area contributed by atoms with Crippen molar-refractivity contribution < 1.29 is 13.9 Å². The van der Waals surface area contributed by atoms with Gasteiger partial charge in [0.15, 0.2) is 0 Å². The maximum atomic E-state index is 13.5. The quantitative estimate of drug-likeness (QED) is 0.732. The molecule has 4 heteroatoms. The normalized spacial score (nSPS) is 12.4. The fourth-order valence-electron chi connectivity index (χ4n) is 1.85. The predicted molar refractivity (Wildman–Crippen MR) is 72.8 cm³/mol. The van der Waals surface area contributed by atoms with Crippen LogP contribution in [0.15, 0.2) is 43.5 Å². The third kappa shape index (κ3) is 4.93. The maximum Gasteiger partial charge on any atom is 0.129 e. The lowest BCUT2D eigenvalue weighted by atomic mass is 10.1. The Balaban J connectivity index is 2.62. The Labute approximate surface area is 112 Å². The van der Waals surface area contributed by atoms with Gasteiger partial charge in [0.2, 0.25) is 0 Å². The molecule has 1 N–H and O–H groups in total. The van der Waals surface area contributed by atoms with Crippen LogP contribution >= 0.6 is 0 Å². The number of aliphatic hydroxyl groups is 1. The van der Waals surface area contributed by atoms with E-state index in [0.29, 0.717) is 26.1 Å². The van der Waals surface area contributed by atoms with E-state index in [2.05, 4.69) is 13.2 Å². The van der Waals surface area contributed by atoms with Gasteiger partial charge in [-0.05, 0) is 24.6 Å². The zero-order valence-corrected chi connectivity index (χ0v) is 10.9. The molecule has 0 radical (unpaired) electrons. The van der Waals surface area contributed by atoms with Crippen molar-refractivity contribution in [2.75, 3.05) is 19.6 Å². The molecule has 1 aromatic carbocycles. The van der Waals surface area contributed by atoms with Gasteiger partial charge in [0.1, 0.15) is 11.6 Å². The van der Waals surface area contributed by atoms with Crippen LogP contribution < -0.4 is 0 Å². The van der Waals surface area contributed by atoms with E-state index in [0.717, 1.165) is 18.2 Å². The van der Waals surface area contributed by atoms with Crippen molar-refractivity contribution in [3.8, 4) is 0 Å². The van der Waals surface area contributed by atoms with Crippen molar-refractivity contribution >= 4 is 0 Å². The number of halogens is 2. The van der Waals surface area contributed by atoms with Crippen LogP contribution in [0.3, 0.4) is 0 Å². The summed E-state index contributed by atoms with van der Waals surface area (Å²) in [4.78, 5) is 2.00. The molecular weight excluding hydrogens is 248 g/mol. The van der Waals surface area contributed by atoms with Crippen LogP contribution in [-0.4, -0.2) is 29.6 Å². The van der Waals surface area contributed by atoms with Crippen LogP contribution in [0, 0.1) is 11.6 Å². The van der Waals surface area contributed by atoms with Crippen LogP contribution in [0.1, 0.15) is 18.1 Å². The van der Waals surface area contributed by atoms with E-state index in [-0.39, 0.29) is 5.56 Å². The van der Waals surface area contributed by atoms with Gasteiger partial charge >= 0.3 is 0 Å². The van der Waals surface area contributed by atoms with Crippen molar-refractivity contribution in [2.45, 2.75) is 12.5 Å². The summed E-state index contributed by atoms with van der Waals surface area (Å²) in [6, 6.07) is 3.10. The smallest absolute Gasteiger partial charge is 0.129 e. The average Bonchev–Trinajstić information content (AvgIpc) is 2.39. The predicted octanol–water partition coefficient (Wildman–Crippen LogP) is 3.06. The van der Waals surface area contributed by atoms with Gasteiger partial charge in [-0.25, -0.2) is 8.78 Å². The molecule has 0 saturated carbocycles. The molecule has 0 aliphatic carbocycles. The summed E-state index contributed by atoms with van der Waals surface area (Å²) in [5, 5.41) is 9.93. The molecule has 1 rings (SSSR count). The van der Waals surface area contributed by atoms with E-state index in [9.17, 15) is 13.9 Å². The first-order chi connectivity index (χ1) is 9.08. The van der Waals surface area contributed by atoms with Gasteiger partial charge in [-0.1, -0.05) is 12.2 Å². The minimum atomic E-state index is -1.02. The third-order valence-electron chi connectivity index (χ3n) is 2.81. The maximum absolute atomic E-state index is 13.5. The second-order valence-corrected chi connectivity index (χ2v) is 4.31. The van der Waals surface area contributed by atoms with Crippen molar-refractivity contribution in [1.82, 2.24) is 4.90 Å². The summed E-state index contributed by atoms with van der Waals surface area (Å²) in [7, 11) is 0. The lowest BCUT2D eigenvalue weighted by Gasteiger charge is -2.21. The zero-order valence-electron chi connectivity index (χ0n) is 10.9. The van der Waals surface area contributed by atoms with Crippen molar-refractivity contribution in [2.24, 2.45) is 0 Å². The first kappa shape index (κ1) is 15.5. The monoisotopic (exact) mass is 267 g/mol. The van der Waals surface area contributed by atoms with E-state index >= 15 is 0 Å². The van der Waals surface area contributed by atoms with Crippen LogP contribution in [0.2, 0.25) is 0 Å². The van der Waals surface area contributed by atoms with Crippen LogP contribution in [0.5, 0.6) is 0 Å². The summed E-state index contributed by atoms with van der Waals surface area (Å²) < 4.78 is 26.5. The molecular formula is C15H19F2NO. The van der Waals surface area contributed by atoms with E-state index in [4.69, 9.17) is 0 Å². The Morgan fingerprint density at radius 3 is 2.42 bits per heavy atom. The molecule has 1 unspecified atom stereocenters. The molecule has 104 valence electrons. The van der Waals surface area contributed by atoms with Crippen LogP contribution in [0.25, 0.3) is 0 Å². The minimum absolute atomic E-state index is 0.00263. The molecule has 19 heavy (non-hydrogen) atoms. The number of rotatable bonds is 8. The second kappa shape index (κ2) is 7.81. The van der Waals surface area contributed by atoms with Crippen LogP contribution in [0.4, 0.5) is 8.78 Å². The van der Waals surface area contributed by atoms with Gasteiger partial charge in [-0.3, -0.25) is 4.90 Å². The third-order valence-corrected chi connectivity index (χ3v) is 2.81. The molecule has 0 saturated heterocycles. The van der Waals surface area contributed by atoms with E-state index in [1.165, 1.54) is 0 Å². The van der Waals surface area contributed by atoms with Crippen molar-refractivity contribution in [3.63, 3.8) is 0 Å². The van der Waals surface area contributed by atoms with Gasteiger partial charge in [0.25, 0.3) is 0 Å². The summed E-state index contributed by atoms with van der Waals surface area (Å²) >= 11 is 0. The van der Waals surface area contributed by atoms with Gasteiger partial charge in [-0.2, -0.15) is 0 Å². The zero-order chi connectivity index (χ0) is 14.3. The molecule has 0 heterocycles. The molecule has 0 amide bonds. The minimum Gasteiger partial charge on any atom is -0.388 e. The molecule has 0 aliphatic heterocycles. The lowest BCUT2D eigenvalue weighted by molar-refractivity contribution is 0.144. The SMILES string of the molecule is C=CCN(CC=C)CCC(O)c1cc(F)ccc1F. The van der Waals surface area contributed by atoms with Crippen molar-refractivity contribution in [1.29, 1.82) is 0 Å². The van der Waals surface area contributed by atoms with E-state index in [1.54, 1.807) is 12.2 Å². The number of hydrogen-bond donors (Lipinski definition) is 1. The highest BCUT2D eigenvalue weighted by Crippen LogP contribution is 2.21. The molecule has 0 spiro atoms. The lowest BCUT2D eigenvalue weighted by Crippen LogP contribution is -2.26. The molecule has 1 atom stereocenters. The number of benzene rings is 1. The molecule has 2 nitrogen and oxygen atoms in total. The van der Waals surface area contributed by atoms with E-state index < -0.39 is 17.7 Å². The average molecular weight is 267 g/mol. The summed E-state index contributed by atoms with van der Waals surface area (Å²) in [6.07, 6.45) is 2.80. The van der Waals surface area contributed by atoms with Gasteiger partial charge in [-0.15, -0.1) is 13.2 Å². The fourth-order valence-corrected chi connectivity index (χ4v) is 1.85. The Morgan fingerprint density at radius 2 is 1.84 bits per heavy atom. The second-order valence-electron chi connectivity index (χ2n) is 4.31. The molecule has 0 aromatic heterocycles. The first-order valence-electron chi connectivity index (χ1n) is 6.15. The Kier molecular flexibility index (Phi) is 6.39. The molecule has 0 aliphatic rings. The van der Waals surface area contributed by atoms with Gasteiger partial charge < -0.3 is 5.11 Å². The topological polar surface area (TPSA) is 23.5 Å². The number of hydrogen-bond acceptors (Lipinski definition) is 2. The molecule has 0 fully saturated rings. The number of aliphatic hydroxyl groups excluding tert-OH is 1. The summed E-state index contributed by atoms with van der Waals surface area (Å²) in [5.74, 6) is -1.14. The first-order valence-corrected chi connectivity index (χ1v) is 6.15. The summed E-state index contributed by atoms with van der Waals surface area (Å²) in [5.41, 5.74) is -0.00263. The standard InChI is InChI=1S/C15H19F2NO/c1-3-8-18(9-4-2)10-7-15(19)13-11-12(16)5-6-14(13)17/h3-6,11,15,19H,1-2,7-10H2. The molecule has 0 bridgehead atoms. The Hall–Kier alpha value is -1.52. The Morgan fingerprint density at radius 1 is 1.21 bits per heavy atom. The summed E-state index contributed by atoms with van der Waals surface area (Å²) in [6.45, 7) is 9.16. The van der Waals surface area contributed by atoms with Crippen molar-refractivity contribution in [3.05, 3.63) is 60.7 Å². The Bertz CT molecular complexity index is 424.